The van der Waals surface area contributed by atoms with Crippen LogP contribution in [0.25, 0.3) is 0 Å². The molecular weight excluding hydrogens is 486 g/mol. The minimum atomic E-state index is -3.33. The number of nitrogens with zero attached hydrogens (tertiary/aromatic N) is 1. The number of nitrogens with one attached hydrogen (secondary N) is 3. The van der Waals surface area contributed by atoms with Gasteiger partial charge in [-0.05, 0) is 49.9 Å². The Bertz CT molecular complexity index is 1090. The minimum absolute atomic E-state index is 0.0182. The molecule has 2 heterocycles. The van der Waals surface area contributed by atoms with Crippen LogP contribution in [-0.4, -0.2) is 74.4 Å². The normalized spacial score (nSPS) is 23.2. The maximum absolute atomic E-state index is 13.2. The molecule has 1 aromatic carbocycles. The maximum Gasteiger partial charge on any atom is 0.243 e. The van der Waals surface area contributed by atoms with Crippen LogP contribution in [0.2, 0.25) is 0 Å². The molecule has 2 fully saturated rings. The highest BCUT2D eigenvalue weighted by Crippen LogP contribution is 2.29. The first-order valence-electron chi connectivity index (χ1n) is 12.2. The monoisotopic (exact) mass is 521 g/mol. The molecule has 4 amide bonds. The number of hydrogen-bond acceptors (Lipinski definition) is 7. The summed E-state index contributed by atoms with van der Waals surface area (Å²) in [5.41, 5.74) is 5.94. The lowest BCUT2D eigenvalue weighted by atomic mass is 10.0. The number of amides is 4. The Morgan fingerprint density at radius 1 is 1.17 bits per heavy atom. The smallest absolute Gasteiger partial charge is 0.243 e. The van der Waals surface area contributed by atoms with Crippen LogP contribution in [0.3, 0.4) is 0 Å². The number of carbonyl (C=O) groups excluding carboxylic acids is 4. The van der Waals surface area contributed by atoms with Crippen LogP contribution in [0.5, 0.6) is 0 Å². The first kappa shape index (κ1) is 27.6. The van der Waals surface area contributed by atoms with Crippen molar-refractivity contribution in [1.82, 2.24) is 20.9 Å². The zero-order valence-corrected chi connectivity index (χ0v) is 21.5. The van der Waals surface area contributed by atoms with Crippen molar-refractivity contribution in [2.75, 3.05) is 19.3 Å². The molecule has 198 valence electrons. The Kier molecular flexibility index (Phi) is 9.07. The van der Waals surface area contributed by atoms with E-state index in [-0.39, 0.29) is 42.1 Å². The first-order valence-corrected chi connectivity index (χ1v) is 14.0. The van der Waals surface area contributed by atoms with E-state index in [1.165, 1.54) is 12.1 Å². The van der Waals surface area contributed by atoms with E-state index >= 15 is 0 Å². The van der Waals surface area contributed by atoms with E-state index in [0.717, 1.165) is 19.2 Å². The predicted molar refractivity (Wildman–Crippen MR) is 132 cm³/mol. The van der Waals surface area contributed by atoms with Crippen molar-refractivity contribution in [3.8, 4) is 0 Å². The molecule has 0 bridgehead atoms. The van der Waals surface area contributed by atoms with Gasteiger partial charge in [0.2, 0.25) is 23.6 Å². The summed E-state index contributed by atoms with van der Waals surface area (Å²) in [7, 11) is -3.33. The summed E-state index contributed by atoms with van der Waals surface area (Å²) in [4.78, 5) is 52.4. The lowest BCUT2D eigenvalue weighted by Gasteiger charge is -2.34. The Hall–Kier alpha value is -2.99. The molecule has 0 aromatic heterocycles. The molecule has 5 N–H and O–H groups in total. The fraction of sp³-hybridized carbons (Fsp3) is 0.583. The zero-order valence-electron chi connectivity index (χ0n) is 20.7. The Morgan fingerprint density at radius 2 is 1.86 bits per heavy atom. The van der Waals surface area contributed by atoms with Crippen LogP contribution in [0, 0.1) is 5.92 Å². The van der Waals surface area contributed by atoms with Gasteiger partial charge >= 0.3 is 0 Å². The quantitative estimate of drug-likeness (QED) is 0.338. The van der Waals surface area contributed by atoms with Crippen LogP contribution in [0.15, 0.2) is 29.2 Å². The van der Waals surface area contributed by atoms with E-state index < -0.39 is 39.6 Å². The van der Waals surface area contributed by atoms with Crippen LogP contribution in [-0.2, 0) is 35.6 Å². The third kappa shape index (κ3) is 7.03. The van der Waals surface area contributed by atoms with Gasteiger partial charge in [-0.15, -0.1) is 0 Å². The van der Waals surface area contributed by atoms with Gasteiger partial charge in [0.25, 0.3) is 0 Å². The lowest BCUT2D eigenvalue weighted by Crippen LogP contribution is -2.56. The SMILES string of the molecule is C[C@H]1CNCC[C@H]2CCC(C(=O)N[C@@H](CCC(N)=O)C(=O)NCc3ccc(S(C)(=O)=O)cc3)N2C1=O. The summed E-state index contributed by atoms with van der Waals surface area (Å²) in [5, 5.41) is 8.72. The van der Waals surface area contributed by atoms with E-state index in [0.29, 0.717) is 24.9 Å². The topological polar surface area (TPSA) is 168 Å². The molecule has 0 saturated carbocycles. The molecule has 2 aliphatic heterocycles. The highest BCUT2D eigenvalue weighted by atomic mass is 32.2. The molecule has 36 heavy (non-hydrogen) atoms. The number of hydrogen-bond donors (Lipinski definition) is 4. The van der Waals surface area contributed by atoms with Crippen molar-refractivity contribution >= 4 is 33.5 Å². The third-order valence-electron chi connectivity index (χ3n) is 6.72. The Labute approximate surface area is 211 Å². The summed E-state index contributed by atoms with van der Waals surface area (Å²) in [6.07, 6.45) is 3.00. The molecule has 0 aliphatic carbocycles. The van der Waals surface area contributed by atoms with Crippen molar-refractivity contribution in [2.45, 2.75) is 68.6 Å². The van der Waals surface area contributed by atoms with Gasteiger partial charge < -0.3 is 26.6 Å². The van der Waals surface area contributed by atoms with Crippen LogP contribution >= 0.6 is 0 Å². The average molecular weight is 522 g/mol. The van der Waals surface area contributed by atoms with Crippen molar-refractivity contribution in [1.29, 1.82) is 0 Å². The van der Waals surface area contributed by atoms with Gasteiger partial charge in [0.1, 0.15) is 12.1 Å². The number of carbonyl (C=O) groups is 4. The maximum atomic E-state index is 13.2. The molecule has 4 atom stereocenters. The molecule has 0 spiro atoms. The molecule has 1 aromatic rings. The van der Waals surface area contributed by atoms with Crippen LogP contribution in [0.4, 0.5) is 0 Å². The van der Waals surface area contributed by atoms with Crippen molar-refractivity contribution in [2.24, 2.45) is 11.7 Å². The van der Waals surface area contributed by atoms with Crippen molar-refractivity contribution < 1.29 is 27.6 Å². The fourth-order valence-electron chi connectivity index (χ4n) is 4.68. The number of rotatable bonds is 9. The fourth-order valence-corrected chi connectivity index (χ4v) is 5.31. The highest BCUT2D eigenvalue weighted by Gasteiger charge is 2.43. The second kappa shape index (κ2) is 11.8. The number of sulfone groups is 1. The number of primary amides is 1. The molecule has 1 unspecified atom stereocenters. The second-order valence-electron chi connectivity index (χ2n) is 9.59. The highest BCUT2D eigenvalue weighted by molar-refractivity contribution is 7.90. The van der Waals surface area contributed by atoms with E-state index in [9.17, 15) is 27.6 Å². The second-order valence-corrected chi connectivity index (χ2v) is 11.6. The molecule has 12 heteroatoms. The summed E-state index contributed by atoms with van der Waals surface area (Å²) >= 11 is 0. The number of nitrogens with two attached hydrogens (primary N) is 1. The van der Waals surface area contributed by atoms with E-state index in [1.54, 1.807) is 17.0 Å². The van der Waals surface area contributed by atoms with E-state index in [1.807, 2.05) is 6.92 Å². The summed E-state index contributed by atoms with van der Waals surface area (Å²) in [6.45, 7) is 3.25. The molecule has 3 rings (SSSR count). The Morgan fingerprint density at radius 3 is 2.50 bits per heavy atom. The van der Waals surface area contributed by atoms with Gasteiger partial charge in [-0.1, -0.05) is 19.1 Å². The molecule has 2 saturated heterocycles. The largest absolute Gasteiger partial charge is 0.370 e. The van der Waals surface area contributed by atoms with Crippen molar-refractivity contribution in [3.05, 3.63) is 29.8 Å². The van der Waals surface area contributed by atoms with Crippen molar-refractivity contribution in [3.63, 3.8) is 0 Å². The number of benzene rings is 1. The van der Waals surface area contributed by atoms with E-state index in [4.69, 9.17) is 5.73 Å². The van der Waals surface area contributed by atoms with Gasteiger partial charge in [0.05, 0.1) is 4.90 Å². The van der Waals surface area contributed by atoms with Crippen LogP contribution < -0.4 is 21.7 Å². The summed E-state index contributed by atoms with van der Waals surface area (Å²) < 4.78 is 23.3. The van der Waals surface area contributed by atoms with Gasteiger partial charge in [0, 0.05) is 37.7 Å². The zero-order chi connectivity index (χ0) is 26.5. The molecular formula is C24H35N5O6S. The van der Waals surface area contributed by atoms with Gasteiger partial charge in [-0.2, -0.15) is 0 Å². The molecule has 11 nitrogen and oxygen atoms in total. The number of fused-ring (bicyclic) bond motifs is 1. The molecule has 0 radical (unpaired) electrons. The summed E-state index contributed by atoms with van der Waals surface area (Å²) in [6, 6.07) is 4.38. The van der Waals surface area contributed by atoms with Crippen LogP contribution in [0.1, 0.15) is 44.6 Å². The predicted octanol–water partition coefficient (Wildman–Crippen LogP) is -0.554. The first-order chi connectivity index (χ1) is 17.0. The Balaban J connectivity index is 1.67. The van der Waals surface area contributed by atoms with Gasteiger partial charge in [-0.3, -0.25) is 19.2 Å². The minimum Gasteiger partial charge on any atom is -0.370 e. The van der Waals surface area contributed by atoms with Gasteiger partial charge in [0.15, 0.2) is 9.84 Å². The summed E-state index contributed by atoms with van der Waals surface area (Å²) in [5.74, 6) is -1.86. The molecule has 2 aliphatic rings. The van der Waals surface area contributed by atoms with Gasteiger partial charge in [-0.25, -0.2) is 8.42 Å². The average Bonchev–Trinajstić information content (AvgIpc) is 3.24. The third-order valence-corrected chi connectivity index (χ3v) is 7.85. The standard InChI is InChI=1S/C24H35N5O6S/c1-15-13-26-12-11-17-5-9-20(29(17)24(15)33)23(32)28-19(8-10-21(25)30)22(31)27-14-16-3-6-18(7-4-16)36(2,34)35/h3-4,6-7,15,17,19-20,26H,5,8-14H2,1-2H3,(H2,25,30)(H,27,31)(H,28,32)/t15-,17+,19-,20?/m0/s1. The van der Waals surface area contributed by atoms with E-state index in [2.05, 4.69) is 16.0 Å². The lowest BCUT2D eigenvalue weighted by molar-refractivity contribution is -0.144.